The Balaban J connectivity index is 1.66. The van der Waals surface area contributed by atoms with E-state index in [-0.39, 0.29) is 5.91 Å². The molecule has 1 atom stereocenters. The maximum absolute atomic E-state index is 12.2. The zero-order valence-corrected chi connectivity index (χ0v) is 12.4. The topological polar surface area (TPSA) is 29.1 Å². The van der Waals surface area contributed by atoms with E-state index in [9.17, 15) is 4.79 Å². The van der Waals surface area contributed by atoms with E-state index in [1.807, 2.05) is 31.2 Å². The van der Waals surface area contributed by atoms with Gasteiger partial charge < -0.3 is 5.32 Å². The van der Waals surface area contributed by atoms with Crippen molar-refractivity contribution in [1.82, 2.24) is 5.32 Å². The summed E-state index contributed by atoms with van der Waals surface area (Å²) in [5.41, 5.74) is 4.77. The monoisotopic (exact) mass is 279 g/mol. The third kappa shape index (κ3) is 3.15. The Morgan fingerprint density at radius 3 is 2.71 bits per heavy atom. The van der Waals surface area contributed by atoms with E-state index in [4.69, 9.17) is 0 Å². The Hall–Kier alpha value is -2.09. The number of benzene rings is 2. The molecule has 1 aliphatic rings. The summed E-state index contributed by atoms with van der Waals surface area (Å²) in [7, 11) is 0. The predicted octanol–water partition coefficient (Wildman–Crippen LogP) is 3.84. The molecular formula is C19H21NO. The summed E-state index contributed by atoms with van der Waals surface area (Å²) in [4.78, 5) is 12.2. The minimum absolute atomic E-state index is 0.0260. The molecule has 0 radical (unpaired) electrons. The van der Waals surface area contributed by atoms with Crippen LogP contribution in [0.4, 0.5) is 0 Å². The summed E-state index contributed by atoms with van der Waals surface area (Å²) in [5.74, 6) is 0.474. The van der Waals surface area contributed by atoms with E-state index in [1.165, 1.54) is 29.5 Å². The Morgan fingerprint density at radius 2 is 1.90 bits per heavy atom. The first-order valence-electron chi connectivity index (χ1n) is 7.67. The second kappa shape index (κ2) is 6.13. The lowest BCUT2D eigenvalue weighted by atomic mass is 9.83. The van der Waals surface area contributed by atoms with Crippen LogP contribution in [0.15, 0.2) is 48.5 Å². The number of hydrogen-bond acceptors (Lipinski definition) is 1. The first-order chi connectivity index (χ1) is 10.2. The Bertz CT molecular complexity index is 630. The molecule has 0 aromatic heterocycles. The normalized spacial score (nSPS) is 17.1. The minimum Gasteiger partial charge on any atom is -0.351 e. The third-order valence-corrected chi connectivity index (χ3v) is 4.32. The number of fused-ring (bicyclic) bond motifs is 1. The van der Waals surface area contributed by atoms with Crippen molar-refractivity contribution in [1.29, 1.82) is 0 Å². The van der Waals surface area contributed by atoms with Gasteiger partial charge in [0.05, 0.1) is 0 Å². The summed E-state index contributed by atoms with van der Waals surface area (Å²) in [6.07, 6.45) is 3.53. The molecule has 1 aliphatic carbocycles. The van der Waals surface area contributed by atoms with Gasteiger partial charge in [-0.05, 0) is 49.4 Å². The lowest BCUT2D eigenvalue weighted by Crippen LogP contribution is -2.29. The highest BCUT2D eigenvalue weighted by Crippen LogP contribution is 2.30. The van der Waals surface area contributed by atoms with Crippen LogP contribution >= 0.6 is 0 Å². The summed E-state index contributed by atoms with van der Waals surface area (Å²) in [6, 6.07) is 16.3. The maximum atomic E-state index is 12.2. The summed E-state index contributed by atoms with van der Waals surface area (Å²) in [5, 5.41) is 3.09. The van der Waals surface area contributed by atoms with Crippen LogP contribution in [0.3, 0.4) is 0 Å². The average Bonchev–Trinajstić information content (AvgIpc) is 2.53. The zero-order valence-electron chi connectivity index (χ0n) is 12.4. The first kappa shape index (κ1) is 13.9. The molecule has 21 heavy (non-hydrogen) atoms. The van der Waals surface area contributed by atoms with Crippen molar-refractivity contribution in [2.75, 3.05) is 6.54 Å². The number of hydrogen-bond donors (Lipinski definition) is 1. The number of amides is 1. The van der Waals surface area contributed by atoms with Gasteiger partial charge in [-0.2, -0.15) is 0 Å². The third-order valence-electron chi connectivity index (χ3n) is 4.32. The van der Waals surface area contributed by atoms with Crippen LogP contribution in [0, 0.1) is 6.92 Å². The quantitative estimate of drug-likeness (QED) is 0.908. The predicted molar refractivity (Wildman–Crippen MR) is 85.6 cm³/mol. The molecule has 1 amide bonds. The van der Waals surface area contributed by atoms with Gasteiger partial charge in [-0.15, -0.1) is 0 Å². The van der Waals surface area contributed by atoms with Crippen LogP contribution in [0.2, 0.25) is 0 Å². The van der Waals surface area contributed by atoms with Crippen molar-refractivity contribution in [3.63, 3.8) is 0 Å². The summed E-state index contributed by atoms with van der Waals surface area (Å²) in [6.45, 7) is 2.75. The van der Waals surface area contributed by atoms with Gasteiger partial charge in [0, 0.05) is 18.0 Å². The zero-order chi connectivity index (χ0) is 14.7. The smallest absolute Gasteiger partial charge is 0.251 e. The SMILES string of the molecule is Cc1ccc(C(=O)NCC2CCCc3ccccc32)cc1. The fraction of sp³-hybridized carbons (Fsp3) is 0.316. The molecule has 108 valence electrons. The van der Waals surface area contributed by atoms with E-state index in [1.54, 1.807) is 0 Å². The van der Waals surface area contributed by atoms with Crippen LogP contribution in [0.5, 0.6) is 0 Å². The van der Waals surface area contributed by atoms with Gasteiger partial charge in [-0.25, -0.2) is 0 Å². The van der Waals surface area contributed by atoms with Crippen molar-refractivity contribution in [3.05, 3.63) is 70.8 Å². The van der Waals surface area contributed by atoms with Crippen LogP contribution < -0.4 is 5.32 Å². The molecule has 0 fully saturated rings. The second-order valence-electron chi connectivity index (χ2n) is 5.86. The highest BCUT2D eigenvalue weighted by molar-refractivity contribution is 5.94. The van der Waals surface area contributed by atoms with Crippen LogP contribution in [-0.4, -0.2) is 12.5 Å². The minimum atomic E-state index is 0.0260. The molecule has 2 aromatic rings. The molecule has 3 rings (SSSR count). The molecule has 0 bridgehead atoms. The molecule has 0 spiro atoms. The standard InChI is InChI=1S/C19H21NO/c1-14-9-11-16(12-10-14)19(21)20-13-17-7-4-6-15-5-2-3-8-18(15)17/h2-3,5,8-12,17H,4,6-7,13H2,1H3,(H,20,21). The molecule has 0 aliphatic heterocycles. The first-order valence-corrected chi connectivity index (χ1v) is 7.67. The van der Waals surface area contributed by atoms with Crippen molar-refractivity contribution >= 4 is 5.91 Å². The summed E-state index contributed by atoms with van der Waals surface area (Å²) >= 11 is 0. The van der Waals surface area contributed by atoms with Crippen LogP contribution in [0.25, 0.3) is 0 Å². The molecule has 0 heterocycles. The molecule has 2 nitrogen and oxygen atoms in total. The molecular weight excluding hydrogens is 258 g/mol. The molecule has 1 unspecified atom stereocenters. The van der Waals surface area contributed by atoms with E-state index in [0.717, 1.165) is 18.5 Å². The number of carbonyl (C=O) groups is 1. The van der Waals surface area contributed by atoms with Gasteiger partial charge >= 0.3 is 0 Å². The Labute approximate surface area is 126 Å². The van der Waals surface area contributed by atoms with Crippen LogP contribution in [-0.2, 0) is 6.42 Å². The molecule has 0 saturated heterocycles. The lowest BCUT2D eigenvalue weighted by molar-refractivity contribution is 0.0950. The molecule has 2 aromatic carbocycles. The van der Waals surface area contributed by atoms with E-state index in [0.29, 0.717) is 5.92 Å². The number of rotatable bonds is 3. The van der Waals surface area contributed by atoms with E-state index in [2.05, 4.69) is 29.6 Å². The van der Waals surface area contributed by atoms with Gasteiger partial charge in [0.1, 0.15) is 0 Å². The largest absolute Gasteiger partial charge is 0.351 e. The van der Waals surface area contributed by atoms with Gasteiger partial charge in [0.25, 0.3) is 5.91 Å². The van der Waals surface area contributed by atoms with Crippen molar-refractivity contribution < 1.29 is 4.79 Å². The highest BCUT2D eigenvalue weighted by Gasteiger charge is 2.20. The average molecular weight is 279 g/mol. The highest BCUT2D eigenvalue weighted by atomic mass is 16.1. The number of aryl methyl sites for hydroxylation is 2. The molecule has 1 N–H and O–H groups in total. The van der Waals surface area contributed by atoms with Gasteiger partial charge in [0.15, 0.2) is 0 Å². The fourth-order valence-electron chi connectivity index (χ4n) is 3.09. The Kier molecular flexibility index (Phi) is 4.05. The van der Waals surface area contributed by atoms with E-state index < -0.39 is 0 Å². The van der Waals surface area contributed by atoms with Gasteiger partial charge in [-0.3, -0.25) is 4.79 Å². The Morgan fingerprint density at radius 1 is 1.14 bits per heavy atom. The summed E-state index contributed by atoms with van der Waals surface area (Å²) < 4.78 is 0. The number of carbonyl (C=O) groups excluding carboxylic acids is 1. The van der Waals surface area contributed by atoms with Gasteiger partial charge in [-0.1, -0.05) is 42.0 Å². The second-order valence-corrected chi connectivity index (χ2v) is 5.86. The van der Waals surface area contributed by atoms with E-state index >= 15 is 0 Å². The van der Waals surface area contributed by atoms with Crippen molar-refractivity contribution in [2.24, 2.45) is 0 Å². The number of nitrogens with one attached hydrogen (secondary N) is 1. The van der Waals surface area contributed by atoms with Crippen molar-refractivity contribution in [3.8, 4) is 0 Å². The maximum Gasteiger partial charge on any atom is 0.251 e. The van der Waals surface area contributed by atoms with Crippen LogP contribution in [0.1, 0.15) is 45.8 Å². The molecule has 2 heteroatoms. The lowest BCUT2D eigenvalue weighted by Gasteiger charge is -2.25. The van der Waals surface area contributed by atoms with Crippen molar-refractivity contribution in [2.45, 2.75) is 32.1 Å². The molecule has 0 saturated carbocycles. The fourth-order valence-corrected chi connectivity index (χ4v) is 3.09. The van der Waals surface area contributed by atoms with Gasteiger partial charge in [0.2, 0.25) is 0 Å².